The first-order chi connectivity index (χ1) is 13.0. The maximum absolute atomic E-state index is 12.2. The Kier molecular flexibility index (Phi) is 5.46. The Morgan fingerprint density at radius 3 is 2.61 bits per heavy atom. The first-order valence-electron chi connectivity index (χ1n) is 9.97. The zero-order valence-corrected chi connectivity index (χ0v) is 17.8. The predicted octanol–water partition coefficient (Wildman–Crippen LogP) is 2.53. The van der Waals surface area contributed by atoms with Gasteiger partial charge in [0.05, 0.1) is 5.69 Å². The van der Waals surface area contributed by atoms with Crippen molar-refractivity contribution >= 4 is 17.5 Å². The number of likely N-dealkylation sites (tertiary alicyclic amines) is 1. The molecular formula is C21H31N5O2. The molecule has 0 aromatic carbocycles. The van der Waals surface area contributed by atoms with Crippen LogP contribution in [0, 0.1) is 13.8 Å². The molecule has 152 valence electrons. The lowest BCUT2D eigenvalue weighted by Gasteiger charge is -2.20. The third-order valence-electron chi connectivity index (χ3n) is 5.35. The number of aromatic nitrogens is 3. The standard InChI is InChI=1S/C21H31N5O2/c1-13-17(7-8-20(28)23-21(4,5)6)14(2)26-19(22-13)11-18(24-26)16-9-10-25(12-16)15(3)27/h11,16H,7-10,12H2,1-6H3,(H,23,28)/t16-/m0/s1. The van der Waals surface area contributed by atoms with E-state index in [2.05, 4.69) is 5.32 Å². The van der Waals surface area contributed by atoms with Crippen LogP contribution >= 0.6 is 0 Å². The summed E-state index contributed by atoms with van der Waals surface area (Å²) < 4.78 is 1.88. The molecule has 0 bridgehead atoms. The van der Waals surface area contributed by atoms with Crippen LogP contribution in [0.15, 0.2) is 6.07 Å². The highest BCUT2D eigenvalue weighted by atomic mass is 16.2. The smallest absolute Gasteiger partial charge is 0.220 e. The zero-order valence-electron chi connectivity index (χ0n) is 17.8. The Bertz CT molecular complexity index is 910. The molecule has 0 spiro atoms. The molecule has 2 aromatic rings. The molecule has 1 N–H and O–H groups in total. The second-order valence-corrected chi connectivity index (χ2v) is 8.85. The molecule has 0 unspecified atom stereocenters. The summed E-state index contributed by atoms with van der Waals surface area (Å²) in [7, 11) is 0. The summed E-state index contributed by atoms with van der Waals surface area (Å²) in [5.74, 6) is 0.418. The van der Waals surface area contributed by atoms with Gasteiger partial charge in [0.15, 0.2) is 5.65 Å². The topological polar surface area (TPSA) is 79.6 Å². The van der Waals surface area contributed by atoms with Gasteiger partial charge in [-0.1, -0.05) is 0 Å². The van der Waals surface area contributed by atoms with Crippen LogP contribution in [0.1, 0.15) is 69.1 Å². The van der Waals surface area contributed by atoms with Crippen molar-refractivity contribution in [3.05, 3.63) is 28.7 Å². The van der Waals surface area contributed by atoms with Crippen molar-refractivity contribution in [1.29, 1.82) is 0 Å². The minimum absolute atomic E-state index is 0.0443. The SMILES string of the molecule is CC(=O)N1CC[C@H](c2cc3nc(C)c(CCC(=O)NC(C)(C)C)c(C)n3n2)C1. The van der Waals surface area contributed by atoms with Gasteiger partial charge >= 0.3 is 0 Å². The van der Waals surface area contributed by atoms with Crippen molar-refractivity contribution < 1.29 is 9.59 Å². The average Bonchev–Trinajstić information content (AvgIpc) is 3.19. The maximum Gasteiger partial charge on any atom is 0.220 e. The molecule has 1 saturated heterocycles. The number of nitrogens with one attached hydrogen (secondary N) is 1. The number of aryl methyl sites for hydroxylation is 2. The summed E-state index contributed by atoms with van der Waals surface area (Å²) >= 11 is 0. The molecular weight excluding hydrogens is 354 g/mol. The zero-order chi connectivity index (χ0) is 20.6. The van der Waals surface area contributed by atoms with Gasteiger partial charge in [-0.05, 0) is 53.0 Å². The highest BCUT2D eigenvalue weighted by Crippen LogP contribution is 2.28. The van der Waals surface area contributed by atoms with Gasteiger partial charge in [-0.3, -0.25) is 9.59 Å². The van der Waals surface area contributed by atoms with E-state index >= 15 is 0 Å². The van der Waals surface area contributed by atoms with Crippen LogP contribution in [0.5, 0.6) is 0 Å². The molecule has 2 aromatic heterocycles. The fourth-order valence-corrected chi connectivity index (χ4v) is 3.91. The van der Waals surface area contributed by atoms with E-state index in [0.29, 0.717) is 12.8 Å². The van der Waals surface area contributed by atoms with Crippen LogP contribution in [-0.2, 0) is 16.0 Å². The molecule has 3 heterocycles. The molecule has 1 atom stereocenters. The van der Waals surface area contributed by atoms with Crippen molar-refractivity contribution in [3.63, 3.8) is 0 Å². The Labute approximate surface area is 166 Å². The van der Waals surface area contributed by atoms with E-state index in [1.807, 2.05) is 50.1 Å². The van der Waals surface area contributed by atoms with Crippen LogP contribution in [0.4, 0.5) is 0 Å². The highest BCUT2D eigenvalue weighted by molar-refractivity contribution is 5.77. The lowest BCUT2D eigenvalue weighted by molar-refractivity contribution is -0.127. The number of fused-ring (bicyclic) bond motifs is 1. The van der Waals surface area contributed by atoms with Gasteiger partial charge in [-0.25, -0.2) is 9.50 Å². The van der Waals surface area contributed by atoms with Gasteiger partial charge in [0.1, 0.15) is 0 Å². The number of hydrogen-bond acceptors (Lipinski definition) is 4. The summed E-state index contributed by atoms with van der Waals surface area (Å²) in [6, 6.07) is 2.03. The molecule has 28 heavy (non-hydrogen) atoms. The van der Waals surface area contributed by atoms with E-state index in [-0.39, 0.29) is 23.3 Å². The van der Waals surface area contributed by atoms with Gasteiger partial charge in [-0.15, -0.1) is 0 Å². The monoisotopic (exact) mass is 385 g/mol. The van der Waals surface area contributed by atoms with Crippen molar-refractivity contribution in [2.45, 2.75) is 72.3 Å². The maximum atomic E-state index is 12.2. The van der Waals surface area contributed by atoms with E-state index in [4.69, 9.17) is 10.1 Å². The van der Waals surface area contributed by atoms with Crippen LogP contribution in [-0.4, -0.2) is 49.9 Å². The minimum atomic E-state index is -0.227. The number of nitrogens with zero attached hydrogens (tertiary/aromatic N) is 4. The largest absolute Gasteiger partial charge is 0.351 e. The molecule has 7 heteroatoms. The fourth-order valence-electron chi connectivity index (χ4n) is 3.91. The number of carbonyl (C=O) groups excluding carboxylic acids is 2. The van der Waals surface area contributed by atoms with Gasteiger partial charge in [0.2, 0.25) is 11.8 Å². The second kappa shape index (κ2) is 7.53. The second-order valence-electron chi connectivity index (χ2n) is 8.85. The lowest BCUT2D eigenvalue weighted by Crippen LogP contribution is -2.40. The number of carbonyl (C=O) groups is 2. The molecule has 0 aliphatic carbocycles. The van der Waals surface area contributed by atoms with Gasteiger partial charge in [0.25, 0.3) is 0 Å². The summed E-state index contributed by atoms with van der Waals surface area (Å²) in [4.78, 5) is 30.4. The molecule has 3 rings (SSSR count). The molecule has 0 saturated carbocycles. The normalized spacial score (nSPS) is 17.4. The summed E-state index contributed by atoms with van der Waals surface area (Å²) in [5.41, 5.74) is 4.63. The van der Waals surface area contributed by atoms with Crippen molar-refractivity contribution in [2.75, 3.05) is 13.1 Å². The van der Waals surface area contributed by atoms with E-state index < -0.39 is 0 Å². The van der Waals surface area contributed by atoms with Gasteiger partial charge in [-0.2, -0.15) is 5.10 Å². The van der Waals surface area contributed by atoms with E-state index in [1.165, 1.54) is 0 Å². The highest BCUT2D eigenvalue weighted by Gasteiger charge is 2.28. The molecule has 1 fully saturated rings. The molecule has 0 radical (unpaired) electrons. The van der Waals surface area contributed by atoms with Crippen molar-refractivity contribution in [1.82, 2.24) is 24.8 Å². The van der Waals surface area contributed by atoms with Crippen LogP contribution < -0.4 is 5.32 Å². The number of rotatable bonds is 4. The summed E-state index contributed by atoms with van der Waals surface area (Å²) in [5, 5.41) is 7.80. The first-order valence-corrected chi connectivity index (χ1v) is 9.97. The average molecular weight is 386 g/mol. The summed E-state index contributed by atoms with van der Waals surface area (Å²) in [6.07, 6.45) is 2.00. The van der Waals surface area contributed by atoms with Crippen LogP contribution in [0.3, 0.4) is 0 Å². The molecule has 1 aliphatic rings. The van der Waals surface area contributed by atoms with Crippen LogP contribution in [0.2, 0.25) is 0 Å². The Morgan fingerprint density at radius 2 is 2.00 bits per heavy atom. The summed E-state index contributed by atoms with van der Waals surface area (Å²) in [6.45, 7) is 13.1. The quantitative estimate of drug-likeness (QED) is 0.877. The van der Waals surface area contributed by atoms with Crippen LogP contribution in [0.25, 0.3) is 5.65 Å². The molecule has 1 aliphatic heterocycles. The van der Waals surface area contributed by atoms with E-state index in [9.17, 15) is 9.59 Å². The fraction of sp³-hybridized carbons (Fsp3) is 0.619. The van der Waals surface area contributed by atoms with Gasteiger partial charge in [0, 0.05) is 55.3 Å². The van der Waals surface area contributed by atoms with Crippen molar-refractivity contribution in [3.8, 4) is 0 Å². The molecule has 7 nitrogen and oxygen atoms in total. The third-order valence-corrected chi connectivity index (χ3v) is 5.35. The van der Waals surface area contributed by atoms with E-state index in [0.717, 1.165) is 47.8 Å². The molecule has 2 amide bonds. The minimum Gasteiger partial charge on any atom is -0.351 e. The predicted molar refractivity (Wildman–Crippen MR) is 108 cm³/mol. The number of amides is 2. The Morgan fingerprint density at radius 1 is 1.29 bits per heavy atom. The Hall–Kier alpha value is -2.44. The third kappa shape index (κ3) is 4.34. The lowest BCUT2D eigenvalue weighted by atomic mass is 10.0. The number of hydrogen-bond donors (Lipinski definition) is 1. The first kappa shape index (κ1) is 20.3. The van der Waals surface area contributed by atoms with Crippen molar-refractivity contribution in [2.24, 2.45) is 0 Å². The van der Waals surface area contributed by atoms with Gasteiger partial charge < -0.3 is 10.2 Å². The van der Waals surface area contributed by atoms with E-state index in [1.54, 1.807) is 6.92 Å². The Balaban J connectivity index is 1.80.